The molecule has 0 amide bonds. The molecular weight excluding hydrogens is 491 g/mol. The van der Waals surface area contributed by atoms with E-state index >= 15 is 0 Å². The van der Waals surface area contributed by atoms with Gasteiger partial charge < -0.3 is 4.74 Å². The van der Waals surface area contributed by atoms with Crippen LogP contribution in [0.2, 0.25) is 0 Å². The fourth-order valence-electron chi connectivity index (χ4n) is 2.89. The molecule has 0 radical (unpaired) electrons. The maximum Gasteiger partial charge on any atom is 0.460 e. The second-order valence-corrected chi connectivity index (χ2v) is 7.77. The summed E-state index contributed by atoms with van der Waals surface area (Å²) >= 11 is 0. The molecule has 1 aromatic rings. The Morgan fingerprint density at radius 3 is 1.64 bits per heavy atom. The zero-order valence-corrected chi connectivity index (χ0v) is 17.2. The highest BCUT2D eigenvalue weighted by Crippen LogP contribution is 2.61. The van der Waals surface area contributed by atoms with Gasteiger partial charge in [-0.05, 0) is 23.5 Å². The molecule has 0 aliphatic carbocycles. The fraction of sp³-hybridized carbons (Fsp3) is 0.684. The smallest absolute Gasteiger partial charge is 0.377 e. The number of ether oxygens (including phenoxy) is 1. The van der Waals surface area contributed by atoms with Crippen LogP contribution in [0.15, 0.2) is 24.3 Å². The van der Waals surface area contributed by atoms with E-state index in [0.29, 0.717) is 19.1 Å². The van der Waals surface area contributed by atoms with Gasteiger partial charge in [0.25, 0.3) is 0 Å². The first-order valence-electron chi connectivity index (χ1n) is 9.14. The summed E-state index contributed by atoms with van der Waals surface area (Å²) in [4.78, 5) is 0. The van der Waals surface area contributed by atoms with Crippen molar-refractivity contribution in [3.63, 3.8) is 0 Å². The lowest BCUT2D eigenvalue weighted by molar-refractivity contribution is -0.440. The van der Waals surface area contributed by atoms with Gasteiger partial charge >= 0.3 is 35.8 Å². The molecule has 14 heteroatoms. The van der Waals surface area contributed by atoms with Crippen molar-refractivity contribution in [3.8, 4) is 0 Å². The largest absolute Gasteiger partial charge is 0.460 e. The molecule has 1 atom stereocenters. The number of hydrogen-bond acceptors (Lipinski definition) is 1. The summed E-state index contributed by atoms with van der Waals surface area (Å²) < 4.78 is 177. The minimum absolute atomic E-state index is 0.0447. The van der Waals surface area contributed by atoms with E-state index in [1.165, 1.54) is 18.2 Å². The highest BCUT2D eigenvalue weighted by atomic mass is 19.4. The Morgan fingerprint density at radius 1 is 0.727 bits per heavy atom. The van der Waals surface area contributed by atoms with Gasteiger partial charge in [0.1, 0.15) is 0 Å². The molecule has 1 aromatic carbocycles. The van der Waals surface area contributed by atoms with Gasteiger partial charge in [0.05, 0.1) is 6.10 Å². The van der Waals surface area contributed by atoms with E-state index in [0.717, 1.165) is 6.07 Å². The van der Waals surface area contributed by atoms with Crippen LogP contribution in [-0.4, -0.2) is 42.9 Å². The Kier molecular flexibility index (Phi) is 8.11. The van der Waals surface area contributed by atoms with Gasteiger partial charge in [0.15, 0.2) is 0 Å². The van der Waals surface area contributed by atoms with Crippen molar-refractivity contribution in [2.75, 3.05) is 7.11 Å². The Morgan fingerprint density at radius 2 is 1.21 bits per heavy atom. The van der Waals surface area contributed by atoms with Gasteiger partial charge in [-0.3, -0.25) is 0 Å². The molecule has 1 unspecified atom stereocenters. The summed E-state index contributed by atoms with van der Waals surface area (Å²) in [6, 6.07) is 5.04. The molecule has 0 saturated carbocycles. The van der Waals surface area contributed by atoms with E-state index in [1.54, 1.807) is 13.8 Å². The zero-order valence-electron chi connectivity index (χ0n) is 17.2. The summed E-state index contributed by atoms with van der Waals surface area (Å²) in [5.41, 5.74) is 0.225. The Balaban J connectivity index is 3.39. The van der Waals surface area contributed by atoms with Crippen LogP contribution >= 0.6 is 0 Å². The van der Waals surface area contributed by atoms with Crippen LogP contribution in [0.25, 0.3) is 0 Å². The molecule has 33 heavy (non-hydrogen) atoms. The molecular formula is C19H19F13O. The average Bonchev–Trinajstić information content (AvgIpc) is 2.64. The van der Waals surface area contributed by atoms with Gasteiger partial charge in [0, 0.05) is 13.5 Å². The molecule has 0 N–H and O–H groups in total. The average molecular weight is 510 g/mol. The lowest BCUT2D eigenvalue weighted by Gasteiger charge is -2.40. The van der Waals surface area contributed by atoms with Crippen LogP contribution < -0.4 is 0 Å². The first-order valence-corrected chi connectivity index (χ1v) is 9.14. The van der Waals surface area contributed by atoms with Crippen LogP contribution in [0, 0.1) is 5.92 Å². The Hall–Kier alpha value is -1.73. The lowest BCUT2D eigenvalue weighted by Crippen LogP contribution is -2.70. The molecule has 0 fully saturated rings. The Bertz CT molecular complexity index is 799. The molecule has 0 aliphatic heterocycles. The van der Waals surface area contributed by atoms with Gasteiger partial charge in [-0.1, -0.05) is 38.1 Å². The van der Waals surface area contributed by atoms with Crippen molar-refractivity contribution in [3.05, 3.63) is 35.4 Å². The van der Waals surface area contributed by atoms with Gasteiger partial charge in [-0.25, -0.2) is 0 Å². The van der Waals surface area contributed by atoms with Crippen LogP contribution in [-0.2, 0) is 11.2 Å². The first kappa shape index (κ1) is 29.3. The Labute approximate surface area is 179 Å². The molecule has 0 saturated heterocycles. The molecule has 192 valence electrons. The standard InChI is InChI=1S/C19H19F13O/c1-10(2)7-11-5-4-6-12(8-11)13(33-3)9-14(20,21)15(22,23)16(24,25)17(26,27)18(28,29)19(30,31)32/h4-6,8,10,13H,7,9H2,1-3H3. The van der Waals surface area contributed by atoms with Gasteiger partial charge in [0.2, 0.25) is 0 Å². The van der Waals surface area contributed by atoms with E-state index in [1.807, 2.05) is 0 Å². The minimum atomic E-state index is -7.91. The van der Waals surface area contributed by atoms with E-state index in [2.05, 4.69) is 4.74 Å². The summed E-state index contributed by atoms with van der Waals surface area (Å²) in [6.45, 7) is 3.54. The van der Waals surface area contributed by atoms with Crippen LogP contribution in [0.5, 0.6) is 0 Å². The van der Waals surface area contributed by atoms with E-state index in [4.69, 9.17) is 0 Å². The number of benzene rings is 1. The van der Waals surface area contributed by atoms with Crippen molar-refractivity contribution in [2.45, 2.75) is 68.6 Å². The topological polar surface area (TPSA) is 9.23 Å². The monoisotopic (exact) mass is 510 g/mol. The lowest BCUT2D eigenvalue weighted by atomic mass is 9.89. The van der Waals surface area contributed by atoms with Crippen molar-refractivity contribution in [1.82, 2.24) is 0 Å². The highest BCUT2D eigenvalue weighted by molar-refractivity contribution is 5.26. The normalized spacial score (nSPS) is 15.8. The third-order valence-electron chi connectivity index (χ3n) is 4.69. The molecule has 1 rings (SSSR count). The van der Waals surface area contributed by atoms with Gasteiger partial charge in [-0.2, -0.15) is 57.1 Å². The van der Waals surface area contributed by atoms with Crippen molar-refractivity contribution in [1.29, 1.82) is 0 Å². The molecule has 0 bridgehead atoms. The summed E-state index contributed by atoms with van der Waals surface area (Å²) in [6.07, 6.45) is -11.6. The molecule has 0 aliphatic rings. The summed E-state index contributed by atoms with van der Waals surface area (Å²) in [7, 11) is 0.693. The highest BCUT2D eigenvalue weighted by Gasteiger charge is 2.90. The fourth-order valence-corrected chi connectivity index (χ4v) is 2.89. The third kappa shape index (κ3) is 5.19. The van der Waals surface area contributed by atoms with Crippen LogP contribution in [0.1, 0.15) is 37.5 Å². The molecule has 1 nitrogen and oxygen atoms in total. The maximum atomic E-state index is 14.2. The summed E-state index contributed by atoms with van der Waals surface area (Å²) in [5.74, 6) is -36.9. The first-order chi connectivity index (χ1) is 14.6. The van der Waals surface area contributed by atoms with E-state index in [9.17, 15) is 57.1 Å². The maximum absolute atomic E-state index is 14.2. The molecule has 0 aromatic heterocycles. The predicted octanol–water partition coefficient (Wildman–Crippen LogP) is 7.70. The zero-order chi connectivity index (χ0) is 26.3. The minimum Gasteiger partial charge on any atom is -0.377 e. The van der Waals surface area contributed by atoms with E-state index < -0.39 is 48.3 Å². The number of hydrogen-bond donors (Lipinski definition) is 0. The second-order valence-electron chi connectivity index (χ2n) is 7.77. The summed E-state index contributed by atoms with van der Waals surface area (Å²) in [5, 5.41) is 0. The van der Waals surface area contributed by atoms with E-state index in [-0.39, 0.29) is 11.5 Å². The van der Waals surface area contributed by atoms with Crippen molar-refractivity contribution in [2.24, 2.45) is 5.92 Å². The van der Waals surface area contributed by atoms with Crippen molar-refractivity contribution < 1.29 is 61.8 Å². The quantitative estimate of drug-likeness (QED) is 0.293. The van der Waals surface area contributed by atoms with Gasteiger partial charge in [-0.15, -0.1) is 0 Å². The van der Waals surface area contributed by atoms with Crippen LogP contribution in [0.4, 0.5) is 57.1 Å². The predicted molar refractivity (Wildman–Crippen MR) is 90.1 cm³/mol. The number of rotatable bonds is 10. The third-order valence-corrected chi connectivity index (χ3v) is 4.69. The SMILES string of the molecule is COC(CC(F)(F)C(F)(F)C(F)(F)C(F)(F)C(F)(F)C(F)(F)F)c1cccc(CC(C)C)c1. The molecule has 0 heterocycles. The van der Waals surface area contributed by atoms with Crippen molar-refractivity contribution >= 4 is 0 Å². The number of alkyl halides is 13. The number of methoxy groups -OCH3 is 1. The number of halogens is 13. The second kappa shape index (κ2) is 9.14. The molecule has 0 spiro atoms. The van der Waals surface area contributed by atoms with Crippen LogP contribution in [0.3, 0.4) is 0 Å².